The van der Waals surface area contributed by atoms with Gasteiger partial charge in [0.25, 0.3) is 0 Å². The predicted molar refractivity (Wildman–Crippen MR) is 56.3 cm³/mol. The number of hydrogen-bond donors (Lipinski definition) is 1. The molecule has 14 heavy (non-hydrogen) atoms. The van der Waals surface area contributed by atoms with Crippen LogP contribution < -0.4 is 5.73 Å². The van der Waals surface area contributed by atoms with Crippen LogP contribution in [0.3, 0.4) is 0 Å². The lowest BCUT2D eigenvalue weighted by atomic mass is 10.0. The van der Waals surface area contributed by atoms with Gasteiger partial charge >= 0.3 is 5.97 Å². The van der Waals surface area contributed by atoms with Gasteiger partial charge in [0, 0.05) is 5.69 Å². The number of nitrogen functional groups attached to an aromatic ring is 1. The molecule has 0 aliphatic carbocycles. The highest BCUT2D eigenvalue weighted by Gasteiger charge is 2.14. The Morgan fingerprint density at radius 3 is 2.64 bits per heavy atom. The first-order valence-corrected chi connectivity index (χ1v) is 4.60. The number of nitrogens with two attached hydrogens (primary N) is 1. The smallest absolute Gasteiger partial charge is 0.338 e. The quantitative estimate of drug-likeness (QED) is 0.577. The third-order valence-corrected chi connectivity index (χ3v) is 2.19. The zero-order chi connectivity index (χ0) is 10.7. The van der Waals surface area contributed by atoms with Crippen molar-refractivity contribution in [3.8, 4) is 0 Å². The molecule has 1 rings (SSSR count). The minimum atomic E-state index is -0.296. The van der Waals surface area contributed by atoms with Crippen molar-refractivity contribution in [2.45, 2.75) is 20.8 Å². The van der Waals surface area contributed by atoms with Crippen LogP contribution in [0.5, 0.6) is 0 Å². The molecular formula is C11H15NO2. The van der Waals surface area contributed by atoms with Gasteiger partial charge in [0.05, 0.1) is 12.2 Å². The van der Waals surface area contributed by atoms with Crippen LogP contribution in [0.2, 0.25) is 0 Å². The highest BCUT2D eigenvalue weighted by Crippen LogP contribution is 2.20. The summed E-state index contributed by atoms with van der Waals surface area (Å²) >= 11 is 0. The average molecular weight is 193 g/mol. The molecule has 0 aromatic heterocycles. The first-order valence-electron chi connectivity index (χ1n) is 4.60. The van der Waals surface area contributed by atoms with Gasteiger partial charge in [0.1, 0.15) is 0 Å². The van der Waals surface area contributed by atoms with Crippen LogP contribution in [0.4, 0.5) is 5.69 Å². The van der Waals surface area contributed by atoms with Gasteiger partial charge < -0.3 is 10.5 Å². The molecular weight excluding hydrogens is 178 g/mol. The number of aryl methyl sites for hydroxylation is 1. The van der Waals surface area contributed by atoms with E-state index in [9.17, 15) is 4.79 Å². The molecule has 0 saturated heterocycles. The van der Waals surface area contributed by atoms with Crippen molar-refractivity contribution in [2.24, 2.45) is 0 Å². The van der Waals surface area contributed by atoms with Gasteiger partial charge in [-0.05, 0) is 38.0 Å². The fraction of sp³-hybridized carbons (Fsp3) is 0.364. The first kappa shape index (κ1) is 10.6. The second-order valence-electron chi connectivity index (χ2n) is 3.19. The van der Waals surface area contributed by atoms with Gasteiger partial charge in [0.15, 0.2) is 0 Å². The van der Waals surface area contributed by atoms with E-state index in [1.165, 1.54) is 0 Å². The Morgan fingerprint density at radius 1 is 1.43 bits per heavy atom. The monoisotopic (exact) mass is 193 g/mol. The van der Waals surface area contributed by atoms with Crippen molar-refractivity contribution in [2.75, 3.05) is 12.3 Å². The van der Waals surface area contributed by atoms with E-state index in [1.807, 2.05) is 19.9 Å². The van der Waals surface area contributed by atoms with Gasteiger partial charge in [-0.1, -0.05) is 6.07 Å². The number of carbonyl (C=O) groups excluding carboxylic acids is 1. The van der Waals surface area contributed by atoms with Crippen molar-refractivity contribution in [3.63, 3.8) is 0 Å². The van der Waals surface area contributed by atoms with Crippen LogP contribution in [-0.4, -0.2) is 12.6 Å². The summed E-state index contributed by atoms with van der Waals surface area (Å²) in [5.74, 6) is -0.296. The van der Waals surface area contributed by atoms with E-state index in [2.05, 4.69) is 0 Å². The summed E-state index contributed by atoms with van der Waals surface area (Å²) < 4.78 is 4.95. The second-order valence-corrected chi connectivity index (χ2v) is 3.19. The highest BCUT2D eigenvalue weighted by molar-refractivity contribution is 5.94. The van der Waals surface area contributed by atoms with E-state index in [-0.39, 0.29) is 5.97 Å². The predicted octanol–water partition coefficient (Wildman–Crippen LogP) is 2.06. The molecule has 2 N–H and O–H groups in total. The van der Waals surface area contributed by atoms with Crippen LogP contribution in [0, 0.1) is 13.8 Å². The van der Waals surface area contributed by atoms with Crippen molar-refractivity contribution in [1.29, 1.82) is 0 Å². The molecule has 0 saturated carbocycles. The van der Waals surface area contributed by atoms with Crippen LogP contribution in [0.1, 0.15) is 28.4 Å². The SMILES string of the molecule is CCOC(=O)c1c(C)ccc(N)c1C. The maximum Gasteiger partial charge on any atom is 0.338 e. The van der Waals surface area contributed by atoms with E-state index >= 15 is 0 Å². The lowest BCUT2D eigenvalue weighted by Crippen LogP contribution is -2.10. The van der Waals surface area contributed by atoms with Gasteiger partial charge in [-0.25, -0.2) is 4.79 Å². The standard InChI is InChI=1S/C11H15NO2/c1-4-14-11(13)10-7(2)5-6-9(12)8(10)3/h5-6H,4,12H2,1-3H3. The first-order chi connectivity index (χ1) is 6.57. The number of esters is 1. The number of carbonyl (C=O) groups is 1. The fourth-order valence-corrected chi connectivity index (χ4v) is 1.38. The average Bonchev–Trinajstić information content (AvgIpc) is 2.13. The normalized spacial score (nSPS) is 9.93. The van der Waals surface area contributed by atoms with Crippen LogP contribution in [0.15, 0.2) is 12.1 Å². The fourth-order valence-electron chi connectivity index (χ4n) is 1.38. The van der Waals surface area contributed by atoms with E-state index < -0.39 is 0 Å². The summed E-state index contributed by atoms with van der Waals surface area (Å²) in [4.78, 5) is 11.6. The second kappa shape index (κ2) is 4.13. The van der Waals surface area contributed by atoms with E-state index in [4.69, 9.17) is 10.5 Å². The Morgan fingerprint density at radius 2 is 2.07 bits per heavy atom. The molecule has 0 aliphatic rings. The zero-order valence-electron chi connectivity index (χ0n) is 8.76. The lowest BCUT2D eigenvalue weighted by Gasteiger charge is -2.10. The van der Waals surface area contributed by atoms with E-state index in [0.29, 0.717) is 17.9 Å². The summed E-state index contributed by atoms with van der Waals surface area (Å²) in [5.41, 5.74) is 8.62. The number of rotatable bonds is 2. The minimum absolute atomic E-state index is 0.296. The largest absolute Gasteiger partial charge is 0.462 e. The summed E-state index contributed by atoms with van der Waals surface area (Å²) in [7, 11) is 0. The Hall–Kier alpha value is -1.51. The third-order valence-electron chi connectivity index (χ3n) is 2.19. The number of benzene rings is 1. The summed E-state index contributed by atoms with van der Waals surface area (Å²) in [6.45, 7) is 5.87. The maximum absolute atomic E-state index is 11.6. The van der Waals surface area contributed by atoms with Crippen LogP contribution >= 0.6 is 0 Å². The molecule has 0 radical (unpaired) electrons. The lowest BCUT2D eigenvalue weighted by molar-refractivity contribution is 0.0525. The summed E-state index contributed by atoms with van der Waals surface area (Å²) in [6, 6.07) is 3.63. The molecule has 0 heterocycles. The number of ether oxygens (including phenoxy) is 1. The summed E-state index contributed by atoms with van der Waals surface area (Å²) in [6.07, 6.45) is 0. The van der Waals surface area contributed by atoms with Crippen molar-refractivity contribution >= 4 is 11.7 Å². The van der Waals surface area contributed by atoms with Crippen molar-refractivity contribution in [3.05, 3.63) is 28.8 Å². The van der Waals surface area contributed by atoms with Gasteiger partial charge in [0.2, 0.25) is 0 Å². The van der Waals surface area contributed by atoms with Crippen LogP contribution in [-0.2, 0) is 4.74 Å². The molecule has 3 heteroatoms. The number of anilines is 1. The Bertz CT molecular complexity index is 359. The highest BCUT2D eigenvalue weighted by atomic mass is 16.5. The van der Waals surface area contributed by atoms with E-state index in [0.717, 1.165) is 11.1 Å². The van der Waals surface area contributed by atoms with E-state index in [1.54, 1.807) is 13.0 Å². The Labute approximate surface area is 83.9 Å². The Balaban J connectivity index is 3.18. The molecule has 0 bridgehead atoms. The van der Waals surface area contributed by atoms with Gasteiger partial charge in [-0.2, -0.15) is 0 Å². The molecule has 76 valence electrons. The summed E-state index contributed by atoms with van der Waals surface area (Å²) in [5, 5.41) is 0. The van der Waals surface area contributed by atoms with Crippen LogP contribution in [0.25, 0.3) is 0 Å². The van der Waals surface area contributed by atoms with Gasteiger partial charge in [-0.3, -0.25) is 0 Å². The molecule has 1 aromatic rings. The topological polar surface area (TPSA) is 52.3 Å². The molecule has 0 spiro atoms. The van der Waals surface area contributed by atoms with Gasteiger partial charge in [-0.15, -0.1) is 0 Å². The zero-order valence-corrected chi connectivity index (χ0v) is 8.76. The molecule has 0 unspecified atom stereocenters. The molecule has 1 aromatic carbocycles. The third kappa shape index (κ3) is 1.87. The molecule has 0 fully saturated rings. The minimum Gasteiger partial charge on any atom is -0.462 e. The molecule has 0 amide bonds. The maximum atomic E-state index is 11.6. The molecule has 0 atom stereocenters. The van der Waals surface area contributed by atoms with Crippen molar-refractivity contribution in [1.82, 2.24) is 0 Å². The molecule has 0 aliphatic heterocycles. The Kier molecular flexibility index (Phi) is 3.12. The number of hydrogen-bond acceptors (Lipinski definition) is 3. The van der Waals surface area contributed by atoms with Crippen molar-refractivity contribution < 1.29 is 9.53 Å². The molecule has 3 nitrogen and oxygen atoms in total.